The molecule has 1 aliphatic carbocycles. The average molecular weight is 769 g/mol. The number of aryl methyl sites for hydroxylation is 1. The van der Waals surface area contributed by atoms with Crippen molar-refractivity contribution in [1.82, 2.24) is 0 Å². The fourth-order valence-corrected chi connectivity index (χ4v) is 11.3. The molecule has 3 heterocycles. The van der Waals surface area contributed by atoms with E-state index in [1.165, 1.54) is 106 Å². The summed E-state index contributed by atoms with van der Waals surface area (Å²) < 4.78 is 2.82. The Kier molecular flexibility index (Phi) is 8.30. The SMILES string of the molecule is Cc1cc2c3c(c1)N(c1ccc4c(c1)C(C)(C)CCC4(C)C)c1c(sc4cc(C(C)(C)C)ccc14)B3c1cc(C(C)(C)C)ccc1N2c1ccc(C(C)(C)C)cc1. The van der Waals surface area contributed by atoms with Crippen molar-refractivity contribution in [3.63, 3.8) is 0 Å². The van der Waals surface area contributed by atoms with E-state index in [2.05, 4.69) is 198 Å². The van der Waals surface area contributed by atoms with Crippen LogP contribution >= 0.6 is 11.3 Å². The molecular formula is C53H61BN2S. The molecule has 6 aromatic rings. The van der Waals surface area contributed by atoms with E-state index in [4.69, 9.17) is 0 Å². The molecule has 9 rings (SSSR count). The van der Waals surface area contributed by atoms with Gasteiger partial charge in [0.25, 0.3) is 6.71 Å². The second-order valence-electron chi connectivity index (χ2n) is 21.9. The molecule has 0 N–H and O–H groups in total. The summed E-state index contributed by atoms with van der Waals surface area (Å²) in [6.45, 7) is 33.2. The maximum atomic E-state index is 2.67. The molecular weight excluding hydrogens is 707 g/mol. The molecule has 4 heteroatoms. The molecule has 0 fully saturated rings. The highest BCUT2D eigenvalue weighted by atomic mass is 32.1. The summed E-state index contributed by atoms with van der Waals surface area (Å²) in [5.74, 6) is 0. The summed E-state index contributed by atoms with van der Waals surface area (Å²) in [4.78, 5) is 5.24. The Hall–Kier alpha value is -4.28. The first-order valence-corrected chi connectivity index (χ1v) is 22.1. The fraction of sp³-hybridized carbons (Fsp3) is 0.396. The number of thiophene rings is 1. The minimum absolute atomic E-state index is 0.0135. The Bertz CT molecular complexity index is 2600. The highest BCUT2D eigenvalue weighted by Crippen LogP contribution is 2.52. The normalized spacial score (nSPS) is 17.0. The topological polar surface area (TPSA) is 6.48 Å². The molecule has 0 saturated heterocycles. The molecule has 0 radical (unpaired) electrons. The third-order valence-corrected chi connectivity index (χ3v) is 14.8. The first kappa shape index (κ1) is 38.3. The summed E-state index contributed by atoms with van der Waals surface area (Å²) in [7, 11) is 0. The van der Waals surface area contributed by atoms with Crippen LogP contribution in [0.3, 0.4) is 0 Å². The minimum Gasteiger partial charge on any atom is -0.311 e. The third-order valence-electron chi connectivity index (χ3n) is 13.6. The highest BCUT2D eigenvalue weighted by molar-refractivity contribution is 7.33. The molecule has 292 valence electrons. The lowest BCUT2D eigenvalue weighted by Crippen LogP contribution is -2.60. The summed E-state index contributed by atoms with van der Waals surface area (Å²) in [5.41, 5.74) is 19.3. The van der Waals surface area contributed by atoms with Gasteiger partial charge >= 0.3 is 0 Å². The zero-order valence-corrected chi connectivity index (χ0v) is 37.8. The number of rotatable bonds is 2. The van der Waals surface area contributed by atoms with E-state index < -0.39 is 0 Å². The smallest absolute Gasteiger partial charge is 0.264 e. The van der Waals surface area contributed by atoms with E-state index in [1.54, 1.807) is 0 Å². The summed E-state index contributed by atoms with van der Waals surface area (Å²) in [5, 5.41) is 1.35. The zero-order chi connectivity index (χ0) is 40.8. The van der Waals surface area contributed by atoms with Crippen molar-refractivity contribution < 1.29 is 0 Å². The van der Waals surface area contributed by atoms with Gasteiger partial charge in [-0.2, -0.15) is 0 Å². The van der Waals surface area contributed by atoms with Gasteiger partial charge in [-0.05, 0) is 140 Å². The van der Waals surface area contributed by atoms with Crippen molar-refractivity contribution in [3.05, 3.63) is 124 Å². The lowest BCUT2D eigenvalue weighted by atomic mass is 9.36. The van der Waals surface area contributed by atoms with Gasteiger partial charge in [-0.15, -0.1) is 11.3 Å². The Morgan fingerprint density at radius 1 is 0.544 bits per heavy atom. The van der Waals surface area contributed by atoms with Crippen molar-refractivity contribution in [2.45, 2.75) is 137 Å². The van der Waals surface area contributed by atoms with Crippen molar-refractivity contribution in [2.75, 3.05) is 9.80 Å². The van der Waals surface area contributed by atoms with Crippen LogP contribution < -0.4 is 25.5 Å². The van der Waals surface area contributed by atoms with E-state index in [-0.39, 0.29) is 33.8 Å². The number of benzene rings is 5. The summed E-state index contributed by atoms with van der Waals surface area (Å²) >= 11 is 2.02. The molecule has 0 amide bonds. The predicted octanol–water partition coefficient (Wildman–Crippen LogP) is 13.5. The lowest BCUT2D eigenvalue weighted by molar-refractivity contribution is 0.332. The van der Waals surface area contributed by atoms with Gasteiger partial charge in [-0.25, -0.2) is 0 Å². The average Bonchev–Trinajstić information content (AvgIpc) is 3.50. The van der Waals surface area contributed by atoms with Gasteiger partial charge in [-0.3, -0.25) is 0 Å². The van der Waals surface area contributed by atoms with Crippen LogP contribution in [0.5, 0.6) is 0 Å². The van der Waals surface area contributed by atoms with Crippen molar-refractivity contribution in [1.29, 1.82) is 0 Å². The molecule has 57 heavy (non-hydrogen) atoms. The zero-order valence-electron chi connectivity index (χ0n) is 37.0. The van der Waals surface area contributed by atoms with Gasteiger partial charge in [0.2, 0.25) is 0 Å². The largest absolute Gasteiger partial charge is 0.311 e. The molecule has 5 aromatic carbocycles. The fourth-order valence-electron chi connectivity index (χ4n) is 9.93. The first-order chi connectivity index (χ1) is 26.5. The standard InChI is InChI=1S/C53H61BN2S/c1-32-27-43-46-44(28-32)56(37-21-23-39-40(31-37)53(13,14)26-25-52(39,11)12)47-38-22-17-35(51(8,9)10)30-45(38)57-48(47)54(46)41-29-34(50(5,6)7)18-24-42(41)55(43)36-19-15-33(16-20-36)49(2,3)4/h15-24,27-31H,25-26H2,1-14H3. The maximum Gasteiger partial charge on any atom is 0.264 e. The van der Waals surface area contributed by atoms with E-state index in [1.807, 2.05) is 11.3 Å². The Morgan fingerprint density at radius 2 is 1.09 bits per heavy atom. The van der Waals surface area contributed by atoms with Gasteiger partial charge in [0, 0.05) is 43.3 Å². The van der Waals surface area contributed by atoms with Crippen LogP contribution in [0.2, 0.25) is 0 Å². The number of anilines is 6. The quantitative estimate of drug-likeness (QED) is 0.162. The molecule has 1 aromatic heterocycles. The van der Waals surface area contributed by atoms with Gasteiger partial charge in [0.1, 0.15) is 0 Å². The van der Waals surface area contributed by atoms with E-state index in [9.17, 15) is 0 Å². The molecule has 2 aliphatic heterocycles. The van der Waals surface area contributed by atoms with Gasteiger partial charge < -0.3 is 9.80 Å². The molecule has 0 spiro atoms. The molecule has 3 aliphatic rings. The highest BCUT2D eigenvalue weighted by Gasteiger charge is 2.46. The minimum atomic E-state index is 0.0135. The second kappa shape index (κ2) is 12.4. The Balaban J connectivity index is 1.39. The van der Waals surface area contributed by atoms with E-state index in [0.29, 0.717) is 0 Å². The van der Waals surface area contributed by atoms with Crippen molar-refractivity contribution >= 4 is 78.0 Å². The van der Waals surface area contributed by atoms with Gasteiger partial charge in [0.15, 0.2) is 0 Å². The van der Waals surface area contributed by atoms with Crippen LogP contribution in [0.1, 0.15) is 136 Å². The van der Waals surface area contributed by atoms with Crippen LogP contribution in [-0.2, 0) is 27.1 Å². The molecule has 0 saturated carbocycles. The van der Waals surface area contributed by atoms with E-state index in [0.717, 1.165) is 0 Å². The van der Waals surface area contributed by atoms with Crippen LogP contribution in [0.4, 0.5) is 34.1 Å². The lowest BCUT2D eigenvalue weighted by Gasteiger charge is -2.45. The van der Waals surface area contributed by atoms with Gasteiger partial charge in [0.05, 0.1) is 5.69 Å². The van der Waals surface area contributed by atoms with E-state index >= 15 is 0 Å². The summed E-state index contributed by atoms with van der Waals surface area (Å²) in [6.07, 6.45) is 2.40. The van der Waals surface area contributed by atoms with Crippen LogP contribution in [0, 0.1) is 6.92 Å². The predicted molar refractivity (Wildman–Crippen MR) is 252 cm³/mol. The Labute approximate surface area is 347 Å². The second-order valence-corrected chi connectivity index (χ2v) is 23.0. The van der Waals surface area contributed by atoms with Crippen LogP contribution in [0.15, 0.2) is 91.0 Å². The first-order valence-electron chi connectivity index (χ1n) is 21.3. The van der Waals surface area contributed by atoms with Gasteiger partial charge in [-0.1, -0.05) is 132 Å². The molecule has 0 bridgehead atoms. The number of hydrogen-bond donors (Lipinski definition) is 0. The number of nitrogens with zero attached hydrogens (tertiary/aromatic N) is 2. The molecule has 0 atom stereocenters. The van der Waals surface area contributed by atoms with Crippen LogP contribution in [-0.4, -0.2) is 6.71 Å². The monoisotopic (exact) mass is 768 g/mol. The molecule has 0 unspecified atom stereocenters. The number of hydrogen-bond acceptors (Lipinski definition) is 3. The van der Waals surface area contributed by atoms with Crippen LogP contribution in [0.25, 0.3) is 10.1 Å². The maximum absolute atomic E-state index is 2.67. The number of fused-ring (bicyclic) bond motifs is 7. The molecule has 2 nitrogen and oxygen atoms in total. The van der Waals surface area contributed by atoms with Crippen molar-refractivity contribution in [2.24, 2.45) is 0 Å². The summed E-state index contributed by atoms with van der Waals surface area (Å²) in [6, 6.07) is 36.5. The Morgan fingerprint density at radius 3 is 1.72 bits per heavy atom. The van der Waals surface area contributed by atoms with Crippen molar-refractivity contribution in [3.8, 4) is 0 Å². The third kappa shape index (κ3) is 6.02.